The van der Waals surface area contributed by atoms with E-state index in [-0.39, 0.29) is 11.9 Å². The van der Waals surface area contributed by atoms with Crippen molar-refractivity contribution in [3.05, 3.63) is 63.8 Å². The predicted octanol–water partition coefficient (Wildman–Crippen LogP) is 5.99. The Morgan fingerprint density at radius 2 is 2.03 bits per heavy atom. The fourth-order valence-corrected chi connectivity index (χ4v) is 6.01. The van der Waals surface area contributed by atoms with Gasteiger partial charge in [0.05, 0.1) is 26.8 Å². The summed E-state index contributed by atoms with van der Waals surface area (Å²) in [5, 5.41) is 15.1. The maximum absolute atomic E-state index is 13.9. The van der Waals surface area contributed by atoms with E-state index in [0.29, 0.717) is 38.2 Å². The topological polar surface area (TPSA) is 83.9 Å². The van der Waals surface area contributed by atoms with Crippen molar-refractivity contribution in [3.63, 3.8) is 0 Å². The quantitative estimate of drug-likeness (QED) is 0.324. The third-order valence-corrected chi connectivity index (χ3v) is 8.17. The summed E-state index contributed by atoms with van der Waals surface area (Å²) in [5.41, 5.74) is 5.53. The minimum absolute atomic E-state index is 0.234. The van der Waals surface area contributed by atoms with Gasteiger partial charge < -0.3 is 9.09 Å². The number of fused-ring (bicyclic) bond motifs is 1. The highest BCUT2D eigenvalue weighted by atomic mass is 35.5. The van der Waals surface area contributed by atoms with Gasteiger partial charge in [-0.05, 0) is 51.3 Å². The first-order valence-electron chi connectivity index (χ1n) is 11.8. The van der Waals surface area contributed by atoms with Crippen LogP contribution in [0.1, 0.15) is 54.9 Å². The van der Waals surface area contributed by atoms with Gasteiger partial charge in [-0.2, -0.15) is 10.7 Å². The second-order valence-corrected chi connectivity index (χ2v) is 11.0. The summed E-state index contributed by atoms with van der Waals surface area (Å²) >= 11 is 7.49. The molecule has 1 N–H and O–H groups in total. The molecule has 0 saturated carbocycles. The lowest BCUT2D eigenvalue weighted by Crippen LogP contribution is -2.66. The third kappa shape index (κ3) is 4.36. The van der Waals surface area contributed by atoms with E-state index in [1.165, 1.54) is 17.8 Å². The van der Waals surface area contributed by atoms with Gasteiger partial charge in [0.2, 0.25) is 0 Å². The van der Waals surface area contributed by atoms with E-state index in [1.807, 2.05) is 47.0 Å². The fourth-order valence-electron chi connectivity index (χ4n) is 5.02. The normalized spacial score (nSPS) is 15.4. The molecule has 35 heavy (non-hydrogen) atoms. The number of nitrogens with one attached hydrogen (secondary N) is 1. The SMILES string of the molecule is CC(C)[N+]1(NC(=O)c2c(C#N)c3ccccc3n2Cc2cc(-c3ccc(Cl)s3)on2)CCCCC1. The number of aromatic nitrogens is 2. The Balaban J connectivity index is 1.56. The molecule has 0 bridgehead atoms. The van der Waals surface area contributed by atoms with Crippen LogP contribution in [0.4, 0.5) is 0 Å². The van der Waals surface area contributed by atoms with Crippen molar-refractivity contribution in [2.75, 3.05) is 13.1 Å². The zero-order valence-corrected chi connectivity index (χ0v) is 21.3. The Kier molecular flexibility index (Phi) is 6.41. The number of carbonyl (C=O) groups excluding carboxylic acids is 1. The highest BCUT2D eigenvalue weighted by molar-refractivity contribution is 7.19. The van der Waals surface area contributed by atoms with Gasteiger partial charge in [0.25, 0.3) is 0 Å². The molecule has 7 nitrogen and oxygen atoms in total. The van der Waals surface area contributed by atoms with Gasteiger partial charge in [0.15, 0.2) is 5.76 Å². The zero-order valence-electron chi connectivity index (χ0n) is 19.8. The molecular formula is C26H27ClN5O2S+. The maximum atomic E-state index is 13.9. The monoisotopic (exact) mass is 508 g/mol. The first-order chi connectivity index (χ1) is 16.9. The zero-order chi connectivity index (χ0) is 24.6. The third-order valence-electron chi connectivity index (χ3n) is 6.92. The number of nitrogens with zero attached hydrogens (tertiary/aromatic N) is 4. The highest BCUT2D eigenvalue weighted by Crippen LogP contribution is 2.33. The molecule has 1 fully saturated rings. The van der Waals surface area contributed by atoms with E-state index in [9.17, 15) is 10.1 Å². The number of hydrogen-bond acceptors (Lipinski definition) is 5. The molecule has 3 aromatic heterocycles. The van der Waals surface area contributed by atoms with E-state index in [1.54, 1.807) is 0 Å². The van der Waals surface area contributed by atoms with E-state index < -0.39 is 0 Å². The molecular weight excluding hydrogens is 482 g/mol. The Morgan fingerprint density at radius 3 is 2.71 bits per heavy atom. The number of likely N-dealkylation sites (tertiary alicyclic amines) is 1. The van der Waals surface area contributed by atoms with Crippen molar-refractivity contribution in [1.82, 2.24) is 15.1 Å². The standard InChI is InChI=1S/C26H26ClN5O2S/c1-17(2)32(12-6-3-7-13-32)29-26(33)25-20(15-28)19-8-4-5-9-21(19)31(25)16-18-14-22(34-30-18)23-10-11-24(27)35-23/h4-5,8-11,14,17H,3,6-7,12-13,16H2,1-2H3/p+1. The fraction of sp³-hybridized carbons (Fsp3) is 0.346. The minimum Gasteiger partial charge on any atom is -0.355 e. The van der Waals surface area contributed by atoms with Crippen LogP contribution in [0.3, 0.4) is 0 Å². The number of nitriles is 1. The van der Waals surface area contributed by atoms with Crippen LogP contribution in [0.25, 0.3) is 21.5 Å². The minimum atomic E-state index is -0.234. The number of amides is 1. The van der Waals surface area contributed by atoms with E-state index >= 15 is 0 Å². The van der Waals surface area contributed by atoms with E-state index in [2.05, 4.69) is 30.5 Å². The lowest BCUT2D eigenvalue weighted by molar-refractivity contribution is -0.983. The Hall–Kier alpha value is -3.12. The molecule has 0 unspecified atom stereocenters. The summed E-state index contributed by atoms with van der Waals surface area (Å²) in [6.45, 7) is 6.36. The average Bonchev–Trinajstić information content (AvgIpc) is 3.57. The van der Waals surface area contributed by atoms with Crippen LogP contribution < -0.4 is 5.43 Å². The number of piperidine rings is 1. The molecule has 0 aliphatic carbocycles. The number of quaternary nitrogens is 1. The molecule has 1 aliphatic rings. The lowest BCUT2D eigenvalue weighted by atomic mass is 10.1. The largest absolute Gasteiger partial charge is 0.355 e. The molecule has 0 spiro atoms. The van der Waals surface area contributed by atoms with Crippen molar-refractivity contribution in [2.45, 2.75) is 45.7 Å². The molecule has 4 heterocycles. The first-order valence-corrected chi connectivity index (χ1v) is 13.0. The van der Waals surface area contributed by atoms with Crippen LogP contribution in [-0.2, 0) is 6.54 Å². The van der Waals surface area contributed by atoms with E-state index in [4.69, 9.17) is 16.1 Å². The number of hydrogen-bond donors (Lipinski definition) is 1. The molecule has 1 saturated heterocycles. The van der Waals surface area contributed by atoms with Gasteiger partial charge in [-0.25, -0.2) is 4.59 Å². The second-order valence-electron chi connectivity index (χ2n) is 9.30. The van der Waals surface area contributed by atoms with Crippen LogP contribution in [-0.4, -0.2) is 39.4 Å². The van der Waals surface area contributed by atoms with Gasteiger partial charge in [0, 0.05) is 11.5 Å². The van der Waals surface area contributed by atoms with Gasteiger partial charge in [-0.3, -0.25) is 4.79 Å². The molecule has 1 amide bonds. The lowest BCUT2D eigenvalue weighted by Gasteiger charge is -2.43. The first kappa shape index (κ1) is 23.6. The van der Waals surface area contributed by atoms with Crippen molar-refractivity contribution in [2.24, 2.45) is 0 Å². The summed E-state index contributed by atoms with van der Waals surface area (Å²) in [7, 11) is 0. The number of carbonyl (C=O) groups is 1. The van der Waals surface area contributed by atoms with Crippen LogP contribution in [0, 0.1) is 11.3 Å². The van der Waals surface area contributed by atoms with Gasteiger partial charge in [-0.1, -0.05) is 35.0 Å². The Morgan fingerprint density at radius 1 is 1.26 bits per heavy atom. The molecule has 0 atom stereocenters. The van der Waals surface area contributed by atoms with Gasteiger partial charge >= 0.3 is 5.91 Å². The predicted molar refractivity (Wildman–Crippen MR) is 137 cm³/mol. The molecule has 5 rings (SSSR count). The van der Waals surface area contributed by atoms with Gasteiger partial charge in [-0.15, -0.1) is 11.3 Å². The number of benzene rings is 1. The number of rotatable bonds is 6. The Labute approximate surface area is 213 Å². The molecule has 4 aromatic rings. The summed E-state index contributed by atoms with van der Waals surface area (Å²) in [5.74, 6) is 0.389. The maximum Gasteiger partial charge on any atom is 0.313 e. The van der Waals surface area contributed by atoms with Crippen LogP contribution >= 0.6 is 22.9 Å². The molecule has 9 heteroatoms. The molecule has 1 aliphatic heterocycles. The summed E-state index contributed by atoms with van der Waals surface area (Å²) in [4.78, 5) is 14.7. The number of para-hydroxylation sites is 1. The second kappa shape index (κ2) is 9.50. The average molecular weight is 509 g/mol. The highest BCUT2D eigenvalue weighted by Gasteiger charge is 2.37. The van der Waals surface area contributed by atoms with Crippen molar-refractivity contribution < 1.29 is 13.9 Å². The van der Waals surface area contributed by atoms with Crippen LogP contribution in [0.5, 0.6) is 0 Å². The smallest absolute Gasteiger partial charge is 0.313 e. The van der Waals surface area contributed by atoms with Gasteiger partial charge in [0.1, 0.15) is 36.6 Å². The number of thiophene rings is 1. The summed E-state index contributed by atoms with van der Waals surface area (Å²) in [6.07, 6.45) is 3.32. The molecule has 1 aromatic carbocycles. The van der Waals surface area contributed by atoms with Crippen molar-refractivity contribution >= 4 is 39.7 Å². The molecule has 180 valence electrons. The van der Waals surface area contributed by atoms with Crippen LogP contribution in [0.2, 0.25) is 4.34 Å². The van der Waals surface area contributed by atoms with Crippen molar-refractivity contribution in [3.8, 4) is 16.7 Å². The van der Waals surface area contributed by atoms with Crippen LogP contribution in [0.15, 0.2) is 47.0 Å². The number of halogens is 1. The Bertz CT molecular complexity index is 1420. The molecule has 0 radical (unpaired) electrons. The summed E-state index contributed by atoms with van der Waals surface area (Å²) in [6, 6.07) is 15.7. The van der Waals surface area contributed by atoms with Crippen molar-refractivity contribution in [1.29, 1.82) is 5.26 Å². The summed E-state index contributed by atoms with van der Waals surface area (Å²) < 4.78 is 8.65. The van der Waals surface area contributed by atoms with E-state index in [0.717, 1.165) is 41.7 Å².